The molecule has 0 aromatic heterocycles. The van der Waals surface area contributed by atoms with Crippen LogP contribution < -0.4 is 10.2 Å². The molecule has 3 aromatic carbocycles. The fourth-order valence-corrected chi connectivity index (χ4v) is 19.0. The molecule has 1 heterocycles. The molecule has 0 radical (unpaired) electrons. The van der Waals surface area contributed by atoms with Gasteiger partial charge in [0.25, 0.3) is 0 Å². The number of morpholine rings is 1. The molecule has 9 aliphatic rings. The maximum Gasteiger partial charge on any atom is 0.116 e. The van der Waals surface area contributed by atoms with E-state index in [1.54, 1.807) is 88.8 Å². The molecule has 0 spiro atoms. The number of benzene rings is 3. The standard InChI is InChI=1S/C30H42NOP.C12H9N.CH3.Pd/c1-2-4-28(27(3-1)31-5-7-32-8-6-31)33(29-15-21-9-22(16-29)11-23(10-21)17-29)30-18-24-12-25(19-30)14-26(13-24)20-30;13-12-9-5-4-8-11(12)10-6-2-1-3-7-10;;/h1-4,21-26H,5-20H2;1-6,8-9,13H;1H3;/q;-2;-1;/p+1. The van der Waals surface area contributed by atoms with Crippen molar-refractivity contribution in [1.82, 2.24) is 0 Å². The molecular formula is C43H55N2OPPd-2. The van der Waals surface area contributed by atoms with Crippen LogP contribution in [0.5, 0.6) is 0 Å². The number of para-hydroxylation sites is 1. The van der Waals surface area contributed by atoms with E-state index in [-0.39, 0.29) is 27.8 Å². The van der Waals surface area contributed by atoms with E-state index < -0.39 is 7.92 Å². The molecule has 1 aliphatic heterocycles. The first-order chi connectivity index (χ1) is 22.6. The first-order valence-corrected chi connectivity index (χ1v) is 20.1. The predicted molar refractivity (Wildman–Crippen MR) is 200 cm³/mol. The Hall–Kier alpha value is -1.69. The van der Waals surface area contributed by atoms with Gasteiger partial charge in [0.15, 0.2) is 0 Å². The number of ether oxygens (including phenoxy) is 1. The summed E-state index contributed by atoms with van der Waals surface area (Å²) in [6, 6.07) is 28.3. The molecule has 12 rings (SSSR count). The van der Waals surface area contributed by atoms with Crippen molar-refractivity contribution in [2.24, 2.45) is 35.5 Å². The summed E-state index contributed by atoms with van der Waals surface area (Å²) in [4.78, 5) is 2.73. The largest absolute Gasteiger partial charge is 0.706 e. The molecule has 1 saturated heterocycles. The van der Waals surface area contributed by atoms with Crippen molar-refractivity contribution in [2.75, 3.05) is 31.2 Å². The van der Waals surface area contributed by atoms with Crippen LogP contribution in [0.1, 0.15) is 77.0 Å². The molecule has 9 fully saturated rings. The van der Waals surface area contributed by atoms with Gasteiger partial charge in [0.2, 0.25) is 0 Å². The maximum absolute atomic E-state index is 7.69. The zero-order valence-corrected chi connectivity index (χ0v) is 31.4. The SMILES string of the molecule is [CH3-].[NH-]c1ccccc1-c1[c-]cccc1.[Pd].c1ccc([PH+](C23CC4CC(CC(C4)C2)C3)C23CC4CC(CC(C4)C2)C3)c(N2CCOCC2)c1. The van der Waals surface area contributed by atoms with Crippen molar-refractivity contribution >= 4 is 24.6 Å². The minimum absolute atomic E-state index is 0. The number of nitrogens with one attached hydrogen (secondary N) is 1. The van der Waals surface area contributed by atoms with E-state index in [1.807, 2.05) is 47.8 Å². The van der Waals surface area contributed by atoms with Crippen LogP contribution in [0.4, 0.5) is 11.4 Å². The van der Waals surface area contributed by atoms with E-state index in [9.17, 15) is 0 Å². The quantitative estimate of drug-likeness (QED) is 0.148. The van der Waals surface area contributed by atoms with E-state index >= 15 is 0 Å². The zero-order chi connectivity index (χ0) is 30.7. The molecule has 3 aromatic rings. The van der Waals surface area contributed by atoms with Crippen LogP contribution in [0.25, 0.3) is 16.9 Å². The van der Waals surface area contributed by atoms with Crippen LogP contribution in [-0.2, 0) is 25.2 Å². The van der Waals surface area contributed by atoms with Gasteiger partial charge in [0.1, 0.15) is 5.30 Å². The fourth-order valence-electron chi connectivity index (χ4n) is 13.0. The van der Waals surface area contributed by atoms with Crippen molar-refractivity contribution in [3.8, 4) is 11.1 Å². The Balaban J connectivity index is 0.000000207. The van der Waals surface area contributed by atoms with Crippen LogP contribution in [0, 0.1) is 49.0 Å². The molecule has 48 heavy (non-hydrogen) atoms. The monoisotopic (exact) mass is 752 g/mol. The minimum atomic E-state index is -0.671. The Labute approximate surface area is 305 Å². The summed E-state index contributed by atoms with van der Waals surface area (Å²) < 4.78 is 5.79. The number of rotatable bonds is 5. The number of hydrogen-bond donors (Lipinski definition) is 0. The van der Waals surface area contributed by atoms with Gasteiger partial charge >= 0.3 is 0 Å². The summed E-state index contributed by atoms with van der Waals surface area (Å²) in [5.41, 5.74) is 11.8. The van der Waals surface area contributed by atoms with Gasteiger partial charge in [0.05, 0.1) is 29.2 Å². The number of hydrogen-bond acceptors (Lipinski definition) is 2. The minimum Gasteiger partial charge on any atom is -0.706 e. The molecule has 8 aliphatic carbocycles. The average molecular weight is 753 g/mol. The Bertz CT molecular complexity index is 1420. The van der Waals surface area contributed by atoms with Crippen LogP contribution >= 0.6 is 7.92 Å². The first-order valence-electron chi connectivity index (χ1n) is 18.6. The molecular weight excluding hydrogens is 698 g/mol. The molecule has 0 amide bonds. The molecule has 3 nitrogen and oxygen atoms in total. The van der Waals surface area contributed by atoms with Crippen molar-refractivity contribution in [3.63, 3.8) is 0 Å². The average Bonchev–Trinajstić information content (AvgIpc) is 3.05. The Morgan fingerprint density at radius 3 is 1.62 bits per heavy atom. The fraction of sp³-hybridized carbons (Fsp3) is 0.558. The summed E-state index contributed by atoms with van der Waals surface area (Å²) in [6.07, 6.45) is 19.1. The topological polar surface area (TPSA) is 36.3 Å². The summed E-state index contributed by atoms with van der Waals surface area (Å²) >= 11 is 0. The second kappa shape index (κ2) is 14.1. The first kappa shape index (κ1) is 34.7. The molecule has 8 bridgehead atoms. The Morgan fingerprint density at radius 1 is 0.646 bits per heavy atom. The molecule has 0 atom stereocenters. The van der Waals surface area contributed by atoms with E-state index in [4.69, 9.17) is 10.5 Å². The van der Waals surface area contributed by atoms with Crippen molar-refractivity contribution in [3.05, 3.63) is 92.0 Å². The third-order valence-electron chi connectivity index (χ3n) is 13.6. The van der Waals surface area contributed by atoms with E-state index in [1.165, 1.54) is 0 Å². The zero-order valence-electron chi connectivity index (χ0n) is 28.9. The second-order valence-corrected chi connectivity index (χ2v) is 20.1. The third kappa shape index (κ3) is 6.36. The van der Waals surface area contributed by atoms with Gasteiger partial charge in [-0.1, -0.05) is 36.4 Å². The molecule has 8 saturated carbocycles. The van der Waals surface area contributed by atoms with Gasteiger partial charge in [-0.05, 0) is 125 Å². The van der Waals surface area contributed by atoms with Gasteiger partial charge in [-0.2, -0.15) is 5.69 Å². The number of nitrogens with zero attached hydrogens (tertiary/aromatic N) is 1. The van der Waals surface area contributed by atoms with Crippen molar-refractivity contribution in [2.45, 2.75) is 87.4 Å². The number of anilines is 1. The van der Waals surface area contributed by atoms with E-state index in [2.05, 4.69) is 35.2 Å². The van der Waals surface area contributed by atoms with Crippen LogP contribution in [0.2, 0.25) is 0 Å². The van der Waals surface area contributed by atoms with E-state index in [0.29, 0.717) is 16.0 Å². The predicted octanol–water partition coefficient (Wildman–Crippen LogP) is 10.6. The summed E-state index contributed by atoms with van der Waals surface area (Å²) in [6.45, 7) is 4.00. The molecule has 1 N–H and O–H groups in total. The van der Waals surface area contributed by atoms with Gasteiger partial charge in [-0.15, -0.1) is 41.5 Å². The summed E-state index contributed by atoms with van der Waals surface area (Å²) in [7, 11) is -0.671. The van der Waals surface area contributed by atoms with Crippen molar-refractivity contribution in [1.29, 1.82) is 0 Å². The molecule has 5 heteroatoms. The van der Waals surface area contributed by atoms with Crippen molar-refractivity contribution < 1.29 is 25.2 Å². The van der Waals surface area contributed by atoms with Crippen LogP contribution in [-0.4, -0.2) is 36.6 Å². The normalized spacial score (nSPS) is 36.0. The molecule has 260 valence electrons. The third-order valence-corrected chi connectivity index (χ3v) is 17.9. The van der Waals surface area contributed by atoms with Gasteiger partial charge in [-0.25, -0.2) is 0 Å². The van der Waals surface area contributed by atoms with Gasteiger partial charge in [-0.3, -0.25) is 0 Å². The summed E-state index contributed by atoms with van der Waals surface area (Å²) in [5.74, 6) is 6.42. The smallest absolute Gasteiger partial charge is 0.116 e. The molecule has 0 unspecified atom stereocenters. The van der Waals surface area contributed by atoms with Crippen LogP contribution in [0.15, 0.2) is 72.8 Å². The Kier molecular flexibility index (Phi) is 10.2. The van der Waals surface area contributed by atoms with E-state index in [0.717, 1.165) is 72.9 Å². The second-order valence-electron chi connectivity index (χ2n) is 16.7. The van der Waals surface area contributed by atoms with Gasteiger partial charge < -0.3 is 22.8 Å². The maximum atomic E-state index is 7.69. The van der Waals surface area contributed by atoms with Gasteiger partial charge in [0, 0.05) is 41.4 Å². The Morgan fingerprint density at radius 2 is 1.12 bits per heavy atom. The van der Waals surface area contributed by atoms with Crippen LogP contribution in [0.3, 0.4) is 0 Å². The summed E-state index contributed by atoms with van der Waals surface area (Å²) in [5, 5.41) is 3.29.